The molecule has 0 bridgehead atoms. The van der Waals surface area contributed by atoms with E-state index >= 15 is 0 Å². The summed E-state index contributed by atoms with van der Waals surface area (Å²) in [6.07, 6.45) is 1.25. The van der Waals surface area contributed by atoms with Gasteiger partial charge in [0.1, 0.15) is 0 Å². The molecule has 114 valence electrons. The Hall–Kier alpha value is -1.14. The third kappa shape index (κ3) is 3.70. The molecule has 2 N–H and O–H groups in total. The van der Waals surface area contributed by atoms with Crippen molar-refractivity contribution in [1.82, 2.24) is 10.2 Å². The van der Waals surface area contributed by atoms with Crippen molar-refractivity contribution in [3.63, 3.8) is 0 Å². The maximum Gasteiger partial charge on any atom is 0.307 e. The molecule has 1 saturated carbocycles. The van der Waals surface area contributed by atoms with Crippen LogP contribution in [0.5, 0.6) is 0 Å². The van der Waals surface area contributed by atoms with Crippen molar-refractivity contribution in [1.29, 1.82) is 0 Å². The molecule has 0 aromatic heterocycles. The average Bonchev–Trinajstić information content (AvgIpc) is 2.78. The van der Waals surface area contributed by atoms with E-state index in [2.05, 4.69) is 10.2 Å². The van der Waals surface area contributed by atoms with E-state index in [1.165, 1.54) is 0 Å². The van der Waals surface area contributed by atoms with E-state index in [-0.39, 0.29) is 12.0 Å². The number of carbonyl (C=O) groups is 2. The molecule has 1 heterocycles. The summed E-state index contributed by atoms with van der Waals surface area (Å²) in [5.74, 6) is -1.64. The minimum atomic E-state index is -0.858. The summed E-state index contributed by atoms with van der Waals surface area (Å²) < 4.78 is 5.58. The highest BCUT2D eigenvalue weighted by Gasteiger charge is 2.41. The Kier molecular flexibility index (Phi) is 4.99. The molecule has 2 aliphatic rings. The number of morpholine rings is 1. The smallest absolute Gasteiger partial charge is 0.307 e. The Morgan fingerprint density at radius 2 is 2.05 bits per heavy atom. The normalized spacial score (nSPS) is 34.9. The number of amides is 1. The van der Waals surface area contributed by atoms with E-state index in [0.717, 1.165) is 13.1 Å². The summed E-state index contributed by atoms with van der Waals surface area (Å²) in [5, 5.41) is 12.1. The fourth-order valence-electron chi connectivity index (χ4n) is 3.19. The predicted molar refractivity (Wildman–Crippen MR) is 73.3 cm³/mol. The summed E-state index contributed by atoms with van der Waals surface area (Å²) in [6, 6.07) is 0. The van der Waals surface area contributed by atoms with Crippen molar-refractivity contribution in [2.75, 3.05) is 33.3 Å². The lowest BCUT2D eigenvalue weighted by Gasteiger charge is -2.30. The highest BCUT2D eigenvalue weighted by molar-refractivity contribution is 5.85. The van der Waals surface area contributed by atoms with Crippen molar-refractivity contribution in [3.05, 3.63) is 0 Å². The van der Waals surface area contributed by atoms with E-state index < -0.39 is 17.8 Å². The van der Waals surface area contributed by atoms with E-state index in [1.54, 1.807) is 0 Å². The van der Waals surface area contributed by atoms with Gasteiger partial charge in [-0.2, -0.15) is 0 Å². The van der Waals surface area contributed by atoms with Crippen LogP contribution < -0.4 is 5.32 Å². The molecule has 1 aliphatic carbocycles. The van der Waals surface area contributed by atoms with Gasteiger partial charge in [-0.1, -0.05) is 6.92 Å². The number of aliphatic carboxylic acids is 1. The highest BCUT2D eigenvalue weighted by atomic mass is 16.5. The van der Waals surface area contributed by atoms with Crippen LogP contribution in [0.1, 0.15) is 19.8 Å². The lowest BCUT2D eigenvalue weighted by atomic mass is 9.95. The molecule has 0 aromatic carbocycles. The molecule has 2 fully saturated rings. The van der Waals surface area contributed by atoms with Crippen LogP contribution in [0.2, 0.25) is 0 Å². The van der Waals surface area contributed by atoms with Crippen LogP contribution in [0.25, 0.3) is 0 Å². The van der Waals surface area contributed by atoms with Gasteiger partial charge in [-0.05, 0) is 25.8 Å². The molecule has 1 amide bonds. The van der Waals surface area contributed by atoms with Gasteiger partial charge in [-0.25, -0.2) is 0 Å². The highest BCUT2D eigenvalue weighted by Crippen LogP contribution is 2.36. The van der Waals surface area contributed by atoms with Crippen LogP contribution in [-0.4, -0.2) is 61.3 Å². The van der Waals surface area contributed by atoms with Crippen molar-refractivity contribution < 1.29 is 19.4 Å². The number of nitrogens with one attached hydrogen (secondary N) is 1. The second-order valence-corrected chi connectivity index (χ2v) is 6.13. The number of ether oxygens (including phenoxy) is 1. The predicted octanol–water partition coefficient (Wildman–Crippen LogP) is 0.180. The zero-order valence-electron chi connectivity index (χ0n) is 12.2. The molecule has 2 rings (SSSR count). The van der Waals surface area contributed by atoms with Crippen LogP contribution in [-0.2, 0) is 14.3 Å². The number of rotatable bonds is 4. The molecule has 1 aliphatic heterocycles. The van der Waals surface area contributed by atoms with Crippen LogP contribution >= 0.6 is 0 Å². The molecule has 0 aromatic rings. The van der Waals surface area contributed by atoms with E-state index in [9.17, 15) is 14.7 Å². The van der Waals surface area contributed by atoms with Crippen molar-refractivity contribution in [3.8, 4) is 0 Å². The number of hydrogen-bond acceptors (Lipinski definition) is 4. The molecule has 0 radical (unpaired) electrons. The van der Waals surface area contributed by atoms with Crippen molar-refractivity contribution >= 4 is 11.9 Å². The Morgan fingerprint density at radius 1 is 1.35 bits per heavy atom. The molecule has 2 unspecified atom stereocenters. The zero-order chi connectivity index (χ0) is 14.7. The SMILES string of the molecule is CC1C[C@H](C(=O)NCC2CN(C)CCO2)[C@H](C(=O)O)C1. The molecular formula is C14H24N2O4. The topological polar surface area (TPSA) is 78.9 Å². The summed E-state index contributed by atoms with van der Waals surface area (Å²) in [6.45, 7) is 4.84. The summed E-state index contributed by atoms with van der Waals surface area (Å²) in [7, 11) is 2.02. The third-order valence-corrected chi connectivity index (χ3v) is 4.30. The Balaban J connectivity index is 1.83. The van der Waals surface area contributed by atoms with E-state index in [1.807, 2.05) is 14.0 Å². The first-order valence-corrected chi connectivity index (χ1v) is 7.28. The van der Waals surface area contributed by atoms with Gasteiger partial charge < -0.3 is 20.1 Å². The van der Waals surface area contributed by atoms with Gasteiger partial charge in [0, 0.05) is 19.6 Å². The van der Waals surface area contributed by atoms with Gasteiger partial charge in [0.05, 0.1) is 24.5 Å². The van der Waals surface area contributed by atoms with Crippen molar-refractivity contribution in [2.24, 2.45) is 17.8 Å². The molecule has 6 heteroatoms. The maximum atomic E-state index is 12.2. The lowest BCUT2D eigenvalue weighted by molar-refractivity contribution is -0.146. The number of carboxylic acid groups (broad SMARTS) is 1. The molecule has 20 heavy (non-hydrogen) atoms. The minimum Gasteiger partial charge on any atom is -0.481 e. The van der Waals surface area contributed by atoms with E-state index in [4.69, 9.17) is 4.74 Å². The molecule has 0 spiro atoms. The molecule has 4 atom stereocenters. The van der Waals surface area contributed by atoms with Crippen LogP contribution in [0.4, 0.5) is 0 Å². The summed E-state index contributed by atoms with van der Waals surface area (Å²) in [4.78, 5) is 25.6. The number of nitrogens with zero attached hydrogens (tertiary/aromatic N) is 1. The number of hydrogen-bond donors (Lipinski definition) is 2. The second kappa shape index (κ2) is 6.54. The van der Waals surface area contributed by atoms with E-state index in [0.29, 0.717) is 31.9 Å². The minimum absolute atomic E-state index is 0.000181. The monoisotopic (exact) mass is 284 g/mol. The quantitative estimate of drug-likeness (QED) is 0.770. The Labute approximate surface area is 119 Å². The largest absolute Gasteiger partial charge is 0.481 e. The fraction of sp³-hybridized carbons (Fsp3) is 0.857. The Morgan fingerprint density at radius 3 is 2.70 bits per heavy atom. The molecular weight excluding hydrogens is 260 g/mol. The third-order valence-electron chi connectivity index (χ3n) is 4.30. The van der Waals surface area contributed by atoms with Gasteiger partial charge in [0.15, 0.2) is 0 Å². The van der Waals surface area contributed by atoms with Crippen molar-refractivity contribution in [2.45, 2.75) is 25.9 Å². The fourth-order valence-corrected chi connectivity index (χ4v) is 3.19. The van der Waals surface area contributed by atoms with Gasteiger partial charge in [-0.3, -0.25) is 9.59 Å². The van der Waals surface area contributed by atoms with Gasteiger partial charge in [0.25, 0.3) is 0 Å². The number of carboxylic acids is 1. The van der Waals surface area contributed by atoms with Gasteiger partial charge >= 0.3 is 5.97 Å². The Bertz CT molecular complexity index is 374. The lowest BCUT2D eigenvalue weighted by Crippen LogP contribution is -2.47. The van der Waals surface area contributed by atoms with Crippen LogP contribution in [0, 0.1) is 17.8 Å². The number of carbonyl (C=O) groups excluding carboxylic acids is 1. The molecule has 1 saturated heterocycles. The average molecular weight is 284 g/mol. The first kappa shape index (κ1) is 15.3. The van der Waals surface area contributed by atoms with Gasteiger partial charge in [0.2, 0.25) is 5.91 Å². The van der Waals surface area contributed by atoms with Gasteiger partial charge in [-0.15, -0.1) is 0 Å². The zero-order valence-corrected chi connectivity index (χ0v) is 12.2. The standard InChI is InChI=1S/C14H24N2O4/c1-9-5-11(12(6-9)14(18)19)13(17)15-7-10-8-16(2)3-4-20-10/h9-12H,3-8H2,1-2H3,(H,15,17)(H,18,19)/t9?,10?,11-,12+/m0/s1. The van der Waals surface area contributed by atoms with Crippen LogP contribution in [0.15, 0.2) is 0 Å². The summed E-state index contributed by atoms with van der Waals surface area (Å²) in [5.41, 5.74) is 0. The number of likely N-dealkylation sites (N-methyl/N-ethyl adjacent to an activating group) is 1. The first-order chi connectivity index (χ1) is 9.47. The first-order valence-electron chi connectivity index (χ1n) is 7.28. The second-order valence-electron chi connectivity index (χ2n) is 6.13. The van der Waals surface area contributed by atoms with Crippen LogP contribution in [0.3, 0.4) is 0 Å². The maximum absolute atomic E-state index is 12.2. The summed E-state index contributed by atoms with van der Waals surface area (Å²) >= 11 is 0. The molecule has 6 nitrogen and oxygen atoms in total.